The first-order valence-electron chi connectivity index (χ1n) is 7.53. The lowest BCUT2D eigenvalue weighted by molar-refractivity contribution is -0.382. The number of rotatable bonds is 1. The van der Waals surface area contributed by atoms with Crippen LogP contribution in [-0.2, 0) is 12.8 Å². The molecule has 4 rings (SSSR count). The zero-order valence-corrected chi connectivity index (χ0v) is 12.3. The molecule has 5 nitrogen and oxygen atoms in total. The molecule has 0 saturated carbocycles. The van der Waals surface area contributed by atoms with Crippen LogP contribution >= 0.6 is 0 Å². The van der Waals surface area contributed by atoms with E-state index in [1.54, 1.807) is 18.2 Å². The summed E-state index contributed by atoms with van der Waals surface area (Å²) < 4.78 is 0. The zero-order valence-electron chi connectivity index (χ0n) is 12.3. The molecular weight excluding hydrogens is 294 g/mol. The summed E-state index contributed by atoms with van der Waals surface area (Å²) in [6, 6.07) is 12.8. The molecule has 0 heterocycles. The van der Waals surface area contributed by atoms with E-state index in [2.05, 4.69) is 0 Å². The minimum atomic E-state index is -0.835. The summed E-state index contributed by atoms with van der Waals surface area (Å²) in [4.78, 5) is 11.1. The van der Waals surface area contributed by atoms with E-state index < -0.39 is 12.2 Å². The standard InChI is InChI=1S/C18H15NO4/c20-17-7-10-5-6-12-11-3-1-2-4-13(11)16(19(22)23)8-15(12)14(10)9-18(17)21/h1-6,8,17-18,20-21H,7,9H2. The van der Waals surface area contributed by atoms with Gasteiger partial charge in [-0.1, -0.05) is 30.3 Å². The van der Waals surface area contributed by atoms with Crippen molar-refractivity contribution >= 4 is 27.2 Å². The summed E-state index contributed by atoms with van der Waals surface area (Å²) in [6.07, 6.45) is -0.940. The number of hydrogen-bond acceptors (Lipinski definition) is 4. The summed E-state index contributed by atoms with van der Waals surface area (Å²) in [5, 5.41) is 34.5. The number of aliphatic hydroxyl groups excluding tert-OH is 2. The molecule has 0 fully saturated rings. The van der Waals surface area contributed by atoms with Crippen molar-refractivity contribution in [2.24, 2.45) is 0 Å². The van der Waals surface area contributed by atoms with Gasteiger partial charge in [0.25, 0.3) is 5.69 Å². The van der Waals surface area contributed by atoms with Crippen molar-refractivity contribution in [3.63, 3.8) is 0 Å². The Bertz CT molecular complexity index is 951. The van der Waals surface area contributed by atoms with E-state index in [1.807, 2.05) is 24.3 Å². The molecular formula is C18H15NO4. The number of non-ortho nitro benzene ring substituents is 1. The molecule has 0 amide bonds. The first kappa shape index (κ1) is 14.1. The molecule has 1 aliphatic carbocycles. The number of aliphatic hydroxyl groups is 2. The molecule has 0 radical (unpaired) electrons. The van der Waals surface area contributed by atoms with E-state index in [0.29, 0.717) is 18.2 Å². The van der Waals surface area contributed by atoms with Crippen molar-refractivity contribution in [1.82, 2.24) is 0 Å². The lowest BCUT2D eigenvalue weighted by atomic mass is 9.83. The van der Waals surface area contributed by atoms with Crippen molar-refractivity contribution < 1.29 is 15.1 Å². The third kappa shape index (κ3) is 2.09. The first-order valence-corrected chi connectivity index (χ1v) is 7.53. The Balaban J connectivity index is 2.12. The van der Waals surface area contributed by atoms with Crippen LogP contribution < -0.4 is 0 Å². The summed E-state index contributed by atoms with van der Waals surface area (Å²) in [6.45, 7) is 0. The van der Waals surface area contributed by atoms with Gasteiger partial charge in [0.15, 0.2) is 0 Å². The van der Waals surface area contributed by atoms with Crippen LogP contribution in [0.4, 0.5) is 5.69 Å². The average molecular weight is 309 g/mol. The molecule has 0 bridgehead atoms. The second kappa shape index (κ2) is 5.01. The largest absolute Gasteiger partial charge is 0.390 e. The Morgan fingerprint density at radius 2 is 1.57 bits per heavy atom. The summed E-state index contributed by atoms with van der Waals surface area (Å²) in [5.41, 5.74) is 1.91. The Morgan fingerprint density at radius 3 is 2.30 bits per heavy atom. The van der Waals surface area contributed by atoms with Crippen LogP contribution in [0.25, 0.3) is 21.5 Å². The fourth-order valence-corrected chi connectivity index (χ4v) is 3.56. The lowest BCUT2D eigenvalue weighted by Crippen LogP contribution is -2.34. The third-order valence-electron chi connectivity index (χ3n) is 4.71. The van der Waals surface area contributed by atoms with Crippen molar-refractivity contribution in [2.45, 2.75) is 25.0 Å². The summed E-state index contributed by atoms with van der Waals surface area (Å²) in [5.74, 6) is 0. The number of benzene rings is 3. The van der Waals surface area contributed by atoms with Crippen LogP contribution in [0.3, 0.4) is 0 Å². The van der Waals surface area contributed by atoms with Crippen molar-refractivity contribution in [3.8, 4) is 0 Å². The van der Waals surface area contributed by atoms with Crippen molar-refractivity contribution in [2.75, 3.05) is 0 Å². The van der Waals surface area contributed by atoms with E-state index in [1.165, 1.54) is 0 Å². The van der Waals surface area contributed by atoms with Gasteiger partial charge in [0, 0.05) is 18.9 Å². The van der Waals surface area contributed by atoms with E-state index in [9.17, 15) is 20.3 Å². The fraction of sp³-hybridized carbons (Fsp3) is 0.222. The van der Waals surface area contributed by atoms with Crippen molar-refractivity contribution in [1.29, 1.82) is 0 Å². The number of hydrogen-bond donors (Lipinski definition) is 2. The maximum atomic E-state index is 11.5. The van der Waals surface area contributed by atoms with Crippen LogP contribution in [0, 0.1) is 10.1 Å². The third-order valence-corrected chi connectivity index (χ3v) is 4.71. The van der Waals surface area contributed by atoms with Gasteiger partial charge >= 0.3 is 0 Å². The Labute approximate surface area is 131 Å². The highest BCUT2D eigenvalue weighted by Crippen LogP contribution is 2.37. The topological polar surface area (TPSA) is 83.6 Å². The lowest BCUT2D eigenvalue weighted by Gasteiger charge is -2.27. The van der Waals surface area contributed by atoms with Gasteiger partial charge in [-0.3, -0.25) is 10.1 Å². The van der Waals surface area contributed by atoms with Gasteiger partial charge in [0.05, 0.1) is 22.5 Å². The maximum absolute atomic E-state index is 11.5. The molecule has 5 heteroatoms. The predicted molar refractivity (Wildman–Crippen MR) is 87.5 cm³/mol. The molecule has 23 heavy (non-hydrogen) atoms. The smallest absolute Gasteiger partial charge is 0.277 e. The minimum absolute atomic E-state index is 0.0714. The van der Waals surface area contributed by atoms with Crippen molar-refractivity contribution in [3.05, 3.63) is 63.7 Å². The van der Waals surface area contributed by atoms with Gasteiger partial charge in [0.1, 0.15) is 0 Å². The molecule has 0 aliphatic heterocycles. The summed E-state index contributed by atoms with van der Waals surface area (Å²) >= 11 is 0. The highest BCUT2D eigenvalue weighted by molar-refractivity contribution is 6.12. The number of nitrogens with zero attached hydrogens (tertiary/aromatic N) is 1. The predicted octanol–water partition coefficient (Wildman–Crippen LogP) is 2.72. The SMILES string of the molecule is O=[N+]([O-])c1cc2c3c(ccc2c2ccccc12)CC(O)C(O)C3. The quantitative estimate of drug-likeness (QED) is 0.411. The molecule has 0 saturated heterocycles. The summed E-state index contributed by atoms with van der Waals surface area (Å²) in [7, 11) is 0. The van der Waals surface area contributed by atoms with Gasteiger partial charge < -0.3 is 10.2 Å². The molecule has 0 spiro atoms. The van der Waals surface area contributed by atoms with Crippen LogP contribution in [0.1, 0.15) is 11.1 Å². The van der Waals surface area contributed by atoms with E-state index in [4.69, 9.17) is 0 Å². The first-order chi connectivity index (χ1) is 11.1. The van der Waals surface area contributed by atoms with Crippen LogP contribution in [0.15, 0.2) is 42.5 Å². The molecule has 3 aromatic rings. The van der Waals surface area contributed by atoms with Gasteiger partial charge in [-0.05, 0) is 33.4 Å². The minimum Gasteiger partial charge on any atom is -0.390 e. The van der Waals surface area contributed by atoms with E-state index in [-0.39, 0.29) is 10.6 Å². The number of fused-ring (bicyclic) bond motifs is 5. The number of nitro groups is 1. The Kier molecular flexibility index (Phi) is 3.07. The van der Waals surface area contributed by atoms with Gasteiger partial charge in [-0.15, -0.1) is 0 Å². The molecule has 2 N–H and O–H groups in total. The monoisotopic (exact) mass is 309 g/mol. The maximum Gasteiger partial charge on any atom is 0.277 e. The van der Waals surface area contributed by atoms with Gasteiger partial charge in [-0.25, -0.2) is 0 Å². The van der Waals surface area contributed by atoms with Gasteiger partial charge in [0.2, 0.25) is 0 Å². The highest BCUT2D eigenvalue weighted by atomic mass is 16.6. The molecule has 2 unspecified atom stereocenters. The zero-order chi connectivity index (χ0) is 16.1. The molecule has 116 valence electrons. The Morgan fingerprint density at radius 1 is 0.913 bits per heavy atom. The second-order valence-electron chi connectivity index (χ2n) is 6.04. The second-order valence-corrected chi connectivity index (χ2v) is 6.04. The highest BCUT2D eigenvalue weighted by Gasteiger charge is 2.27. The van der Waals surface area contributed by atoms with Crippen LogP contribution in [0.2, 0.25) is 0 Å². The molecule has 0 aromatic heterocycles. The average Bonchev–Trinajstić information content (AvgIpc) is 2.55. The van der Waals surface area contributed by atoms with Crippen LogP contribution in [0.5, 0.6) is 0 Å². The normalized spacial score (nSPS) is 20.6. The fourth-order valence-electron chi connectivity index (χ4n) is 3.56. The van der Waals surface area contributed by atoms with E-state index in [0.717, 1.165) is 27.3 Å². The van der Waals surface area contributed by atoms with E-state index >= 15 is 0 Å². The molecule has 1 aliphatic rings. The molecule has 3 aromatic carbocycles. The van der Waals surface area contributed by atoms with Crippen LogP contribution in [-0.4, -0.2) is 27.3 Å². The molecule has 2 atom stereocenters. The Hall–Kier alpha value is -2.50. The number of nitro benzene ring substituents is 1. The van der Waals surface area contributed by atoms with Gasteiger partial charge in [-0.2, -0.15) is 0 Å².